The average molecular weight is 418 g/mol. The molecule has 3 aromatic rings. The Morgan fingerprint density at radius 1 is 0.903 bits per heavy atom. The highest BCUT2D eigenvalue weighted by atomic mass is 16.5. The largest absolute Gasteiger partial charge is 0.493 e. The van der Waals surface area contributed by atoms with Crippen molar-refractivity contribution in [1.82, 2.24) is 5.43 Å². The molecule has 0 saturated carbocycles. The number of nitrogens with one attached hydrogen (secondary N) is 2. The number of hydrogen-bond acceptors (Lipinski definition) is 4. The minimum atomic E-state index is -0.413. The van der Waals surface area contributed by atoms with Crippen LogP contribution in [0.3, 0.4) is 0 Å². The Labute approximate surface area is 182 Å². The van der Waals surface area contributed by atoms with Crippen LogP contribution in [0.2, 0.25) is 0 Å². The summed E-state index contributed by atoms with van der Waals surface area (Å²) in [5, 5.41) is 6.71. The van der Waals surface area contributed by atoms with Crippen LogP contribution in [0.15, 0.2) is 77.9 Å². The molecule has 2 amide bonds. The van der Waals surface area contributed by atoms with Gasteiger partial charge in [-0.15, -0.1) is 0 Å². The predicted molar refractivity (Wildman–Crippen MR) is 124 cm³/mol. The summed E-state index contributed by atoms with van der Waals surface area (Å²) in [6.07, 6.45) is 2.31. The van der Waals surface area contributed by atoms with E-state index in [9.17, 15) is 4.79 Å². The van der Waals surface area contributed by atoms with Crippen molar-refractivity contribution in [2.45, 2.75) is 20.3 Å². The molecule has 0 radical (unpaired) electrons. The Balaban J connectivity index is 1.44. The Morgan fingerprint density at radius 3 is 2.35 bits per heavy atom. The van der Waals surface area contributed by atoms with Crippen LogP contribution in [0.25, 0.3) is 0 Å². The molecule has 0 aliphatic heterocycles. The van der Waals surface area contributed by atoms with Crippen LogP contribution in [-0.2, 0) is 0 Å². The molecule has 0 aliphatic carbocycles. The van der Waals surface area contributed by atoms with E-state index in [1.54, 1.807) is 18.3 Å². The topological polar surface area (TPSA) is 72.0 Å². The summed E-state index contributed by atoms with van der Waals surface area (Å²) in [7, 11) is 0. The third-order valence-electron chi connectivity index (χ3n) is 4.33. The van der Waals surface area contributed by atoms with Gasteiger partial charge in [0, 0.05) is 17.7 Å². The lowest BCUT2D eigenvalue weighted by Gasteiger charge is -2.11. The Bertz CT molecular complexity index is 999. The number of urea groups is 1. The molecule has 0 aromatic heterocycles. The van der Waals surface area contributed by atoms with Gasteiger partial charge in [-0.3, -0.25) is 0 Å². The van der Waals surface area contributed by atoms with Crippen molar-refractivity contribution in [3.63, 3.8) is 0 Å². The van der Waals surface area contributed by atoms with E-state index >= 15 is 0 Å². The first-order chi connectivity index (χ1) is 15.1. The van der Waals surface area contributed by atoms with Gasteiger partial charge in [0.1, 0.15) is 11.5 Å². The third-order valence-corrected chi connectivity index (χ3v) is 4.33. The number of carbonyl (C=O) groups excluding carboxylic acids is 1. The molecule has 2 N–H and O–H groups in total. The molecule has 3 rings (SSSR count). The van der Waals surface area contributed by atoms with E-state index in [2.05, 4.69) is 35.8 Å². The fraction of sp³-hybridized carbons (Fsp3) is 0.200. The minimum absolute atomic E-state index is 0.413. The number of para-hydroxylation sites is 2. The molecule has 0 bridgehead atoms. The van der Waals surface area contributed by atoms with Gasteiger partial charge in [0.05, 0.1) is 19.4 Å². The molecule has 0 fully saturated rings. The van der Waals surface area contributed by atoms with Crippen LogP contribution in [0.4, 0.5) is 10.5 Å². The number of nitrogens with zero attached hydrogens (tertiary/aromatic N) is 1. The van der Waals surface area contributed by atoms with E-state index in [1.807, 2.05) is 54.6 Å². The molecule has 0 heterocycles. The zero-order valence-electron chi connectivity index (χ0n) is 17.8. The molecular formula is C25H27N3O3. The van der Waals surface area contributed by atoms with Crippen LogP contribution >= 0.6 is 0 Å². The summed E-state index contributed by atoms with van der Waals surface area (Å²) < 4.78 is 11.7. The summed E-state index contributed by atoms with van der Waals surface area (Å²) in [5.41, 5.74) is 6.30. The number of hydrazone groups is 1. The lowest BCUT2D eigenvalue weighted by molar-refractivity contribution is 0.247. The smallest absolute Gasteiger partial charge is 0.339 e. The second-order valence-electron chi connectivity index (χ2n) is 7.10. The van der Waals surface area contributed by atoms with Crippen LogP contribution in [0.5, 0.6) is 11.5 Å². The third kappa shape index (κ3) is 7.51. The van der Waals surface area contributed by atoms with Crippen molar-refractivity contribution in [3.8, 4) is 11.5 Å². The molecule has 3 aromatic carbocycles. The van der Waals surface area contributed by atoms with Crippen molar-refractivity contribution in [3.05, 3.63) is 89.5 Å². The van der Waals surface area contributed by atoms with E-state index in [1.165, 1.54) is 11.1 Å². The molecule has 6 nitrogen and oxygen atoms in total. The number of benzene rings is 3. The molecule has 0 atom stereocenters. The Hall–Kier alpha value is -3.80. The second kappa shape index (κ2) is 11.4. The van der Waals surface area contributed by atoms with E-state index < -0.39 is 6.03 Å². The highest BCUT2D eigenvalue weighted by molar-refractivity contribution is 5.90. The highest BCUT2D eigenvalue weighted by Crippen LogP contribution is 2.18. The second-order valence-corrected chi connectivity index (χ2v) is 7.10. The van der Waals surface area contributed by atoms with Gasteiger partial charge in [-0.25, -0.2) is 10.2 Å². The number of aryl methyl sites for hydroxylation is 2. The van der Waals surface area contributed by atoms with Crippen LogP contribution < -0.4 is 20.2 Å². The number of carbonyl (C=O) groups is 1. The lowest BCUT2D eigenvalue weighted by Crippen LogP contribution is -2.24. The van der Waals surface area contributed by atoms with Gasteiger partial charge in [-0.05, 0) is 61.4 Å². The molecule has 0 aliphatic rings. The maximum atomic E-state index is 11.9. The van der Waals surface area contributed by atoms with Crippen molar-refractivity contribution >= 4 is 17.9 Å². The first-order valence-electron chi connectivity index (χ1n) is 10.2. The van der Waals surface area contributed by atoms with E-state index in [0.29, 0.717) is 24.7 Å². The normalized spacial score (nSPS) is 10.6. The number of ether oxygens (including phenoxy) is 2. The Kier molecular flexibility index (Phi) is 8.05. The highest BCUT2D eigenvalue weighted by Gasteiger charge is 2.03. The molecule has 0 unspecified atom stereocenters. The summed E-state index contributed by atoms with van der Waals surface area (Å²) >= 11 is 0. The SMILES string of the molecule is Cc1cc(C)cc(OCCCOc2ccccc2C=NNC(=O)Nc2ccccc2)c1. The van der Waals surface area contributed by atoms with Crippen molar-refractivity contribution < 1.29 is 14.3 Å². The monoisotopic (exact) mass is 417 g/mol. The summed E-state index contributed by atoms with van der Waals surface area (Å²) in [5.74, 6) is 1.58. The van der Waals surface area contributed by atoms with Crippen molar-refractivity contribution in [2.75, 3.05) is 18.5 Å². The van der Waals surface area contributed by atoms with Gasteiger partial charge in [0.2, 0.25) is 0 Å². The minimum Gasteiger partial charge on any atom is -0.493 e. The van der Waals surface area contributed by atoms with Gasteiger partial charge >= 0.3 is 6.03 Å². The van der Waals surface area contributed by atoms with Gasteiger partial charge in [-0.1, -0.05) is 36.4 Å². The summed E-state index contributed by atoms with van der Waals surface area (Å²) in [6.45, 7) is 5.20. The first kappa shape index (κ1) is 21.9. The Morgan fingerprint density at radius 2 is 1.58 bits per heavy atom. The summed E-state index contributed by atoms with van der Waals surface area (Å²) in [6, 6.07) is 22.5. The fourth-order valence-electron chi connectivity index (χ4n) is 3.01. The van der Waals surface area contributed by atoms with Crippen molar-refractivity contribution in [2.24, 2.45) is 5.10 Å². The quantitative estimate of drug-likeness (QED) is 0.282. The lowest BCUT2D eigenvalue weighted by atomic mass is 10.1. The average Bonchev–Trinajstić information content (AvgIpc) is 2.74. The molecule has 160 valence electrons. The zero-order chi connectivity index (χ0) is 21.9. The molecule has 31 heavy (non-hydrogen) atoms. The molecule has 0 saturated heterocycles. The van der Waals surface area contributed by atoms with E-state index in [-0.39, 0.29) is 0 Å². The van der Waals surface area contributed by atoms with E-state index in [4.69, 9.17) is 9.47 Å². The first-order valence-corrected chi connectivity index (χ1v) is 10.2. The van der Waals surface area contributed by atoms with Gasteiger partial charge < -0.3 is 14.8 Å². The van der Waals surface area contributed by atoms with Crippen LogP contribution in [0.1, 0.15) is 23.1 Å². The number of rotatable bonds is 9. The zero-order valence-corrected chi connectivity index (χ0v) is 17.8. The molecule has 6 heteroatoms. The maximum absolute atomic E-state index is 11.9. The number of amides is 2. The van der Waals surface area contributed by atoms with Gasteiger partial charge in [0.15, 0.2) is 0 Å². The standard InChI is InChI=1S/C25H27N3O3/c1-19-15-20(2)17-23(16-19)30-13-8-14-31-24-12-7-6-9-21(24)18-26-28-25(29)27-22-10-4-3-5-11-22/h3-7,9-12,15-18H,8,13-14H2,1-2H3,(H2,27,28,29). The van der Waals surface area contributed by atoms with Crippen LogP contribution in [-0.4, -0.2) is 25.5 Å². The van der Waals surface area contributed by atoms with Gasteiger partial charge in [-0.2, -0.15) is 5.10 Å². The summed E-state index contributed by atoms with van der Waals surface area (Å²) in [4.78, 5) is 11.9. The van der Waals surface area contributed by atoms with Gasteiger partial charge in [0.25, 0.3) is 0 Å². The molecular weight excluding hydrogens is 390 g/mol. The predicted octanol–water partition coefficient (Wildman–Crippen LogP) is 5.31. The van der Waals surface area contributed by atoms with Crippen molar-refractivity contribution in [1.29, 1.82) is 0 Å². The molecule has 0 spiro atoms. The van der Waals surface area contributed by atoms with E-state index in [0.717, 1.165) is 17.7 Å². The number of hydrogen-bond donors (Lipinski definition) is 2. The fourth-order valence-corrected chi connectivity index (χ4v) is 3.01. The number of anilines is 1. The van der Waals surface area contributed by atoms with Crippen LogP contribution in [0, 0.1) is 13.8 Å². The maximum Gasteiger partial charge on any atom is 0.339 e.